The van der Waals surface area contributed by atoms with Gasteiger partial charge in [-0.1, -0.05) is 0 Å². The Bertz CT molecular complexity index is 3110. The molecule has 72 heavy (non-hydrogen) atoms. The van der Waals surface area contributed by atoms with Gasteiger partial charge in [0.25, 0.3) is 0 Å². The number of nitriles is 2. The average molecular weight is 1140 g/mol. The summed E-state index contributed by atoms with van der Waals surface area (Å²) in [5.74, 6) is -69.8. The Morgan fingerprint density at radius 1 is 0.292 bits per heavy atom. The van der Waals surface area contributed by atoms with E-state index in [0.717, 1.165) is 30.2 Å². The summed E-state index contributed by atoms with van der Waals surface area (Å²) in [5.41, 5.74) is -11.2. The summed E-state index contributed by atoms with van der Waals surface area (Å²) in [6.07, 6.45) is -7.22. The number of nitrogens with zero attached hydrogens (tertiary/aromatic N) is 2. The third-order valence-electron chi connectivity index (χ3n) is 10.6. The Balaban J connectivity index is 0.000000238. The molecule has 0 radical (unpaired) electrons. The highest BCUT2D eigenvalue weighted by Gasteiger charge is 2.52. The lowest BCUT2D eigenvalue weighted by atomic mass is 9.12. The smallest absolute Gasteiger partial charge is 0.418 e. The molecule has 2 heterocycles. The van der Waals surface area contributed by atoms with Crippen LogP contribution in [0.15, 0.2) is 81.6 Å². The molecule has 4 nitrogen and oxygen atoms in total. The molecule has 0 fully saturated rings. The van der Waals surface area contributed by atoms with E-state index < -0.39 is 166 Å². The van der Waals surface area contributed by atoms with Crippen molar-refractivity contribution in [1.29, 1.82) is 10.5 Å². The highest BCUT2D eigenvalue weighted by molar-refractivity contribution is 7.20. The van der Waals surface area contributed by atoms with Gasteiger partial charge in [-0.25, -0.2) is 87.8 Å². The second kappa shape index (κ2) is 19.8. The lowest BCUT2D eigenvalue weighted by molar-refractivity contribution is -0.635. The molecule has 2 aromatic heterocycles. The van der Waals surface area contributed by atoms with Crippen LogP contribution in [0.3, 0.4) is 0 Å². The van der Waals surface area contributed by atoms with Gasteiger partial charge in [0, 0.05) is 23.3 Å². The van der Waals surface area contributed by atoms with E-state index in [4.69, 9.17) is 19.4 Å². The molecule has 0 unspecified atom stereocenters. The fourth-order valence-corrected chi connectivity index (χ4v) is 9.36. The van der Waals surface area contributed by atoms with Gasteiger partial charge in [0.2, 0.25) is 0 Å². The van der Waals surface area contributed by atoms with Crippen LogP contribution in [-0.4, -0.2) is 6.15 Å². The summed E-state index contributed by atoms with van der Waals surface area (Å²) >= 11 is -0.571. The summed E-state index contributed by atoms with van der Waals surface area (Å²) in [6.45, 7) is 0. The Hall–Kier alpha value is -7.75. The molecule has 0 saturated carbocycles. The molecule has 8 rings (SSSR count). The fourth-order valence-electron chi connectivity index (χ4n) is 7.42. The zero-order chi connectivity index (χ0) is 53.0. The van der Waals surface area contributed by atoms with Gasteiger partial charge in [-0.2, -0.15) is 10.5 Å². The quantitative estimate of drug-likeness (QED) is 0.0510. The summed E-state index contributed by atoms with van der Waals surface area (Å²) in [5, 5.41) is 17.8. The predicted octanol–water partition coefficient (Wildman–Crippen LogP) is 7.92. The molecule has 0 spiro atoms. The second-order valence-corrected chi connectivity index (χ2v) is 17.1. The minimum Gasteiger partial charge on any atom is -0.418 e. The maximum Gasteiger partial charge on any atom is 0.443 e. The predicted molar refractivity (Wildman–Crippen MR) is 204 cm³/mol. The van der Waals surface area contributed by atoms with E-state index in [9.17, 15) is 52.7 Å². The number of benzene rings is 6. The largest absolute Gasteiger partial charge is 0.443 e. The maximum atomic E-state index is 15.4. The van der Waals surface area contributed by atoms with Gasteiger partial charge in [0.05, 0.1) is 23.3 Å². The van der Waals surface area contributed by atoms with Crippen LogP contribution in [0.2, 0.25) is 0 Å². The van der Waals surface area contributed by atoms with Crippen LogP contribution in [0.1, 0.15) is 11.1 Å². The van der Waals surface area contributed by atoms with E-state index in [2.05, 4.69) is 12.1 Å². The topological polar surface area (TPSA) is 73.9 Å². The van der Waals surface area contributed by atoms with E-state index in [0.29, 0.717) is 11.1 Å². The van der Waals surface area contributed by atoms with Crippen molar-refractivity contribution in [1.82, 2.24) is 0 Å². The number of furan rings is 2. The Morgan fingerprint density at radius 3 is 0.708 bits per heavy atom. The third-order valence-corrected chi connectivity index (χ3v) is 12.9. The van der Waals surface area contributed by atoms with E-state index >= 15 is 35.1 Å². The van der Waals surface area contributed by atoms with E-state index in [-0.39, 0.29) is 0 Å². The first kappa shape index (κ1) is 52.1. The highest BCUT2D eigenvalue weighted by Crippen LogP contribution is 2.31. The van der Waals surface area contributed by atoms with Crippen LogP contribution >= 0.6 is 0 Å². The van der Waals surface area contributed by atoms with Crippen LogP contribution in [0.25, 0.3) is 22.6 Å². The summed E-state index contributed by atoms with van der Waals surface area (Å²) < 4.78 is 308. The van der Waals surface area contributed by atoms with Crippen LogP contribution in [0, 0.1) is 147 Å². The third kappa shape index (κ3) is 8.45. The minimum atomic E-state index is -7.22. The molecule has 0 aliphatic heterocycles. The molecular formula is C46H12BF20IN2O2. The molecular weight excluding hydrogens is 1130 g/mol. The molecule has 0 N–H and O–H groups in total. The molecule has 0 saturated heterocycles. The molecule has 0 aliphatic carbocycles. The van der Waals surface area contributed by atoms with Gasteiger partial charge in [-0.15, -0.1) is 21.9 Å². The summed E-state index contributed by atoms with van der Waals surface area (Å²) in [6, 6.07) is 26.7. The monoisotopic (exact) mass is 1140 g/mol. The summed E-state index contributed by atoms with van der Waals surface area (Å²) in [4.78, 5) is 0. The molecule has 8 aromatic rings. The van der Waals surface area contributed by atoms with Gasteiger partial charge in [0.1, 0.15) is 64.2 Å². The van der Waals surface area contributed by atoms with Crippen molar-refractivity contribution >= 4 is 28.0 Å². The zero-order valence-electron chi connectivity index (χ0n) is 34.2. The first-order chi connectivity index (χ1) is 33.9. The van der Waals surface area contributed by atoms with Gasteiger partial charge < -0.3 is 8.83 Å². The molecule has 0 aliphatic rings. The lowest BCUT2D eigenvalue weighted by Crippen LogP contribution is -3.61. The number of rotatable bonds is 8. The van der Waals surface area contributed by atoms with Crippen molar-refractivity contribution in [2.24, 2.45) is 0 Å². The van der Waals surface area contributed by atoms with E-state index in [1.54, 1.807) is 24.3 Å². The van der Waals surface area contributed by atoms with Crippen LogP contribution < -0.4 is 43.1 Å². The molecule has 368 valence electrons. The van der Waals surface area contributed by atoms with Crippen molar-refractivity contribution in [3.63, 3.8) is 0 Å². The molecule has 0 atom stereocenters. The number of hydrogen-bond donors (Lipinski definition) is 0. The van der Waals surface area contributed by atoms with Crippen LogP contribution in [-0.2, 0) is 0 Å². The molecule has 0 bridgehead atoms. The highest BCUT2D eigenvalue weighted by atomic mass is 127. The Morgan fingerprint density at radius 2 is 0.500 bits per heavy atom. The van der Waals surface area contributed by atoms with Crippen LogP contribution in [0.4, 0.5) is 87.8 Å². The normalized spacial score (nSPS) is 11.4. The maximum absolute atomic E-state index is 15.4. The van der Waals surface area contributed by atoms with E-state index in [1.165, 1.54) is 0 Å². The van der Waals surface area contributed by atoms with Crippen molar-refractivity contribution < 1.29 is 118 Å². The van der Waals surface area contributed by atoms with Crippen molar-refractivity contribution in [2.45, 2.75) is 0 Å². The van der Waals surface area contributed by atoms with Crippen molar-refractivity contribution in [3.8, 4) is 34.8 Å². The molecule has 26 heteroatoms. The Labute approximate surface area is 397 Å². The summed E-state index contributed by atoms with van der Waals surface area (Å²) in [7, 11) is 0. The second-order valence-electron chi connectivity index (χ2n) is 14.5. The van der Waals surface area contributed by atoms with Gasteiger partial charge >= 0.3 is 28.7 Å². The fraction of sp³-hybridized carbons (Fsp3) is 0. The minimum absolute atomic E-state index is 0.571. The van der Waals surface area contributed by atoms with Crippen molar-refractivity contribution in [2.75, 3.05) is 0 Å². The first-order valence-electron chi connectivity index (χ1n) is 19.0. The van der Waals surface area contributed by atoms with Gasteiger partial charge in [0.15, 0.2) is 69.8 Å². The van der Waals surface area contributed by atoms with Crippen LogP contribution in [0.5, 0.6) is 0 Å². The molecule has 0 amide bonds. The first-order valence-corrected chi connectivity index (χ1v) is 21.2. The zero-order valence-corrected chi connectivity index (χ0v) is 36.3. The Kier molecular flexibility index (Phi) is 14.3. The number of hydrogen-bond acceptors (Lipinski definition) is 4. The molecule has 6 aromatic carbocycles. The number of halogens is 21. The van der Waals surface area contributed by atoms with Crippen molar-refractivity contribution in [3.05, 3.63) is 208 Å². The van der Waals surface area contributed by atoms with Gasteiger partial charge in [-0.05, 0) is 60.7 Å². The SMILES string of the molecule is Fc1c(F)c(F)c([B-](c2c(F)c(F)c(F)c(F)c2F)(c2c(F)c(F)c(F)c(F)c2F)c2c(F)c(F)c(F)c(F)c2F)c(F)c1F.N#Cc1ccc(-c2ccc([I+]c3ccc(-c4ccc(C#N)cc4)o3)o2)cc1. The van der Waals surface area contributed by atoms with Gasteiger partial charge in [-0.3, -0.25) is 0 Å². The van der Waals surface area contributed by atoms with E-state index in [1.807, 2.05) is 48.5 Å². The lowest BCUT2D eigenvalue weighted by Gasteiger charge is -2.44. The average Bonchev–Trinajstić information content (AvgIpc) is 4.06. The standard InChI is InChI=1S/C24BF20.C22H12IN2O2/c26-5-1(6(27)14(35)21(42)13(5)34)25(2-7(28)15(36)22(43)16(37)8(2)29,3-9(30)17(38)23(44)18(39)10(3)31)4-11(32)19(40)24(45)20(41)12(4)33;24-13-15-1-5-17(6-2-15)19-9-11-21(26-19)23-22-12-10-20(27-22)18-7-3-16(14-25)4-8-18/h;1-12H/q-1;+1.